The Kier molecular flexibility index (Phi) is 2.90. The first-order chi connectivity index (χ1) is 8.63. The van der Waals surface area contributed by atoms with Crippen molar-refractivity contribution in [3.63, 3.8) is 0 Å². The highest BCUT2D eigenvalue weighted by molar-refractivity contribution is 7.18. The maximum atomic E-state index is 6.20. The van der Waals surface area contributed by atoms with Gasteiger partial charge in [0.2, 0.25) is 0 Å². The van der Waals surface area contributed by atoms with Crippen molar-refractivity contribution in [1.29, 1.82) is 0 Å². The summed E-state index contributed by atoms with van der Waals surface area (Å²) >= 11 is 1.71. The molecule has 18 heavy (non-hydrogen) atoms. The van der Waals surface area contributed by atoms with Crippen LogP contribution in [0.4, 0.5) is 11.4 Å². The third-order valence-electron chi connectivity index (χ3n) is 3.77. The summed E-state index contributed by atoms with van der Waals surface area (Å²) in [4.78, 5) is 6.97. The minimum absolute atomic E-state index is 0.840. The molecule has 0 spiro atoms. The Labute approximate surface area is 112 Å². The largest absolute Gasteiger partial charge is 0.397 e. The van der Waals surface area contributed by atoms with Crippen molar-refractivity contribution in [1.82, 2.24) is 4.98 Å². The van der Waals surface area contributed by atoms with Crippen LogP contribution >= 0.6 is 11.3 Å². The molecule has 1 saturated heterocycles. The van der Waals surface area contributed by atoms with Gasteiger partial charge in [-0.3, -0.25) is 0 Å². The molecule has 1 aromatic heterocycles. The van der Waals surface area contributed by atoms with Crippen LogP contribution in [-0.4, -0.2) is 18.1 Å². The lowest BCUT2D eigenvalue weighted by Gasteiger charge is -2.32. The summed E-state index contributed by atoms with van der Waals surface area (Å²) in [6.07, 6.45) is 2.52. The number of aryl methyl sites for hydroxylation is 1. The van der Waals surface area contributed by atoms with E-state index in [1.807, 2.05) is 6.92 Å². The summed E-state index contributed by atoms with van der Waals surface area (Å²) in [7, 11) is 0. The van der Waals surface area contributed by atoms with E-state index in [0.29, 0.717) is 0 Å². The summed E-state index contributed by atoms with van der Waals surface area (Å²) in [5.41, 5.74) is 9.34. The van der Waals surface area contributed by atoms with E-state index in [4.69, 9.17) is 5.73 Å². The van der Waals surface area contributed by atoms with Gasteiger partial charge in [-0.15, -0.1) is 11.3 Å². The van der Waals surface area contributed by atoms with E-state index >= 15 is 0 Å². The van der Waals surface area contributed by atoms with Crippen LogP contribution < -0.4 is 10.6 Å². The lowest BCUT2D eigenvalue weighted by Crippen LogP contribution is -2.33. The van der Waals surface area contributed by atoms with E-state index in [1.54, 1.807) is 11.3 Å². The molecule has 0 bridgehead atoms. The molecule has 1 aliphatic heterocycles. The average molecular weight is 261 g/mol. The zero-order valence-electron chi connectivity index (χ0n) is 10.9. The topological polar surface area (TPSA) is 42.2 Å². The monoisotopic (exact) mass is 261 g/mol. The number of anilines is 2. The van der Waals surface area contributed by atoms with Gasteiger partial charge in [0.25, 0.3) is 0 Å². The van der Waals surface area contributed by atoms with Crippen LogP contribution in [-0.2, 0) is 0 Å². The van der Waals surface area contributed by atoms with E-state index in [9.17, 15) is 0 Å². The van der Waals surface area contributed by atoms with Crippen LogP contribution in [0.2, 0.25) is 0 Å². The lowest BCUT2D eigenvalue weighted by atomic mass is 9.98. The molecule has 1 fully saturated rings. The Morgan fingerprint density at radius 3 is 2.78 bits per heavy atom. The highest BCUT2D eigenvalue weighted by Crippen LogP contribution is 2.33. The van der Waals surface area contributed by atoms with E-state index in [1.165, 1.54) is 23.2 Å². The maximum absolute atomic E-state index is 6.20. The molecular formula is C14H19N3S. The summed E-state index contributed by atoms with van der Waals surface area (Å²) in [5, 5.41) is 1.11. The Morgan fingerprint density at radius 1 is 1.33 bits per heavy atom. The number of hydrogen-bond donors (Lipinski definition) is 1. The molecule has 0 unspecified atom stereocenters. The molecule has 2 aromatic rings. The highest BCUT2D eigenvalue weighted by atomic mass is 32.1. The van der Waals surface area contributed by atoms with Crippen molar-refractivity contribution in [2.75, 3.05) is 23.7 Å². The van der Waals surface area contributed by atoms with E-state index in [-0.39, 0.29) is 0 Å². The fourth-order valence-electron chi connectivity index (χ4n) is 2.62. The molecule has 0 amide bonds. The second kappa shape index (κ2) is 4.43. The standard InChI is InChI=1S/C14H19N3S/c1-9-3-5-17(6-4-9)13-8-12-14(7-11(13)15)18-10(2)16-12/h7-9H,3-6,15H2,1-2H3. The number of aromatic nitrogens is 1. The minimum Gasteiger partial charge on any atom is -0.397 e. The maximum Gasteiger partial charge on any atom is 0.0907 e. The van der Waals surface area contributed by atoms with Crippen LogP contribution in [0.1, 0.15) is 24.8 Å². The van der Waals surface area contributed by atoms with E-state index in [2.05, 4.69) is 28.9 Å². The minimum atomic E-state index is 0.840. The number of thiazole rings is 1. The van der Waals surface area contributed by atoms with Crippen molar-refractivity contribution in [3.05, 3.63) is 17.1 Å². The van der Waals surface area contributed by atoms with Gasteiger partial charge in [-0.1, -0.05) is 6.92 Å². The van der Waals surface area contributed by atoms with Crippen LogP contribution in [0.3, 0.4) is 0 Å². The van der Waals surface area contributed by atoms with Gasteiger partial charge in [0, 0.05) is 13.1 Å². The summed E-state index contributed by atoms with van der Waals surface area (Å²) in [6, 6.07) is 4.23. The van der Waals surface area contributed by atoms with E-state index in [0.717, 1.165) is 35.2 Å². The van der Waals surface area contributed by atoms with Crippen LogP contribution in [0, 0.1) is 12.8 Å². The molecule has 0 atom stereocenters. The molecule has 4 heteroatoms. The van der Waals surface area contributed by atoms with Crippen molar-refractivity contribution >= 4 is 32.9 Å². The number of hydrogen-bond acceptors (Lipinski definition) is 4. The number of benzene rings is 1. The highest BCUT2D eigenvalue weighted by Gasteiger charge is 2.18. The van der Waals surface area contributed by atoms with Gasteiger partial charge in [0.1, 0.15) is 0 Å². The summed E-state index contributed by atoms with van der Waals surface area (Å²) in [6.45, 7) is 6.59. The second-order valence-electron chi connectivity index (χ2n) is 5.28. The molecule has 96 valence electrons. The number of nitrogens with zero attached hydrogens (tertiary/aromatic N) is 2. The third kappa shape index (κ3) is 2.05. The van der Waals surface area contributed by atoms with Crippen molar-refractivity contribution in [3.8, 4) is 0 Å². The molecule has 3 rings (SSSR count). The predicted octanol–water partition coefficient (Wildman–Crippen LogP) is 3.42. The van der Waals surface area contributed by atoms with Crippen molar-refractivity contribution < 1.29 is 0 Å². The Bertz CT molecular complexity index is 568. The average Bonchev–Trinajstić information content (AvgIpc) is 2.68. The summed E-state index contributed by atoms with van der Waals surface area (Å²) < 4.78 is 1.19. The molecule has 3 nitrogen and oxygen atoms in total. The number of rotatable bonds is 1. The SMILES string of the molecule is Cc1nc2cc(N3CCC(C)CC3)c(N)cc2s1. The fraction of sp³-hybridized carbons (Fsp3) is 0.500. The number of piperidine rings is 1. The van der Waals surface area contributed by atoms with Gasteiger partial charge in [-0.05, 0) is 37.8 Å². The molecule has 0 aliphatic carbocycles. The van der Waals surface area contributed by atoms with Gasteiger partial charge >= 0.3 is 0 Å². The first kappa shape index (κ1) is 11.8. The fourth-order valence-corrected chi connectivity index (χ4v) is 3.47. The van der Waals surface area contributed by atoms with Gasteiger partial charge in [-0.25, -0.2) is 4.98 Å². The molecular weight excluding hydrogens is 242 g/mol. The molecule has 2 heterocycles. The molecule has 1 aromatic carbocycles. The Morgan fingerprint density at radius 2 is 2.06 bits per heavy atom. The first-order valence-corrected chi connectivity index (χ1v) is 7.37. The third-order valence-corrected chi connectivity index (χ3v) is 4.70. The lowest BCUT2D eigenvalue weighted by molar-refractivity contribution is 0.439. The second-order valence-corrected chi connectivity index (χ2v) is 6.52. The van der Waals surface area contributed by atoms with Gasteiger partial charge in [-0.2, -0.15) is 0 Å². The molecule has 2 N–H and O–H groups in total. The zero-order valence-corrected chi connectivity index (χ0v) is 11.8. The zero-order chi connectivity index (χ0) is 12.7. The number of fused-ring (bicyclic) bond motifs is 1. The van der Waals surface area contributed by atoms with Crippen molar-refractivity contribution in [2.24, 2.45) is 5.92 Å². The molecule has 0 saturated carbocycles. The first-order valence-electron chi connectivity index (χ1n) is 6.55. The normalized spacial score (nSPS) is 17.6. The number of nitrogens with two attached hydrogens (primary N) is 1. The molecule has 1 aliphatic rings. The smallest absolute Gasteiger partial charge is 0.0907 e. The van der Waals surface area contributed by atoms with Gasteiger partial charge in [0.05, 0.1) is 26.6 Å². The Balaban J connectivity index is 1.98. The quantitative estimate of drug-likeness (QED) is 0.800. The van der Waals surface area contributed by atoms with Crippen molar-refractivity contribution in [2.45, 2.75) is 26.7 Å². The Hall–Kier alpha value is -1.29. The van der Waals surface area contributed by atoms with Gasteiger partial charge < -0.3 is 10.6 Å². The van der Waals surface area contributed by atoms with E-state index < -0.39 is 0 Å². The number of nitrogen functional groups attached to an aromatic ring is 1. The van der Waals surface area contributed by atoms with Crippen LogP contribution in [0.25, 0.3) is 10.2 Å². The molecule has 0 radical (unpaired) electrons. The van der Waals surface area contributed by atoms with Crippen LogP contribution in [0.15, 0.2) is 12.1 Å². The van der Waals surface area contributed by atoms with Crippen LogP contribution in [0.5, 0.6) is 0 Å². The van der Waals surface area contributed by atoms with Gasteiger partial charge in [0.15, 0.2) is 0 Å². The summed E-state index contributed by atoms with van der Waals surface area (Å²) in [5.74, 6) is 0.840. The predicted molar refractivity (Wildman–Crippen MR) is 79.4 cm³/mol.